The molecule has 0 aliphatic carbocycles. The Bertz CT molecular complexity index is 413. The lowest BCUT2D eigenvalue weighted by molar-refractivity contribution is -0.150. The van der Waals surface area contributed by atoms with Gasteiger partial charge in [-0.05, 0) is 45.1 Å². The van der Waals surface area contributed by atoms with Gasteiger partial charge in [0, 0.05) is 18.6 Å². The summed E-state index contributed by atoms with van der Waals surface area (Å²) in [5, 5.41) is 3.49. The average Bonchev–Trinajstić information content (AvgIpc) is 2.44. The van der Waals surface area contributed by atoms with Crippen molar-refractivity contribution in [2.24, 2.45) is 5.41 Å². The highest BCUT2D eigenvalue weighted by Gasteiger charge is 2.30. The van der Waals surface area contributed by atoms with Gasteiger partial charge in [-0.25, -0.2) is 0 Å². The normalized spacial score (nSPS) is 17.1. The third-order valence-electron chi connectivity index (χ3n) is 4.58. The summed E-state index contributed by atoms with van der Waals surface area (Å²) in [5.41, 5.74) is 0.309. The largest absolute Gasteiger partial charge is 0.332 e. The molecule has 1 N–H and O–H groups in total. The summed E-state index contributed by atoms with van der Waals surface area (Å²) in [4.78, 5) is 27.9. The maximum atomic E-state index is 12.2. The van der Waals surface area contributed by atoms with Crippen LogP contribution in [0.3, 0.4) is 0 Å². The van der Waals surface area contributed by atoms with E-state index in [0.717, 1.165) is 25.8 Å². The Kier molecular flexibility index (Phi) is 7.05. The van der Waals surface area contributed by atoms with Gasteiger partial charge >= 0.3 is 0 Å². The first-order chi connectivity index (χ1) is 10.5. The molecule has 0 aromatic rings. The van der Waals surface area contributed by atoms with Crippen LogP contribution >= 0.6 is 0 Å². The summed E-state index contributed by atoms with van der Waals surface area (Å²) in [6.45, 7) is 15.6. The van der Waals surface area contributed by atoms with E-state index in [2.05, 4.69) is 46.9 Å². The molecule has 23 heavy (non-hydrogen) atoms. The van der Waals surface area contributed by atoms with Crippen LogP contribution in [0.25, 0.3) is 0 Å². The Morgan fingerprint density at radius 2 is 1.48 bits per heavy atom. The van der Waals surface area contributed by atoms with Crippen molar-refractivity contribution < 1.29 is 9.59 Å². The number of nitrogens with zero attached hydrogens (tertiary/aromatic N) is 2. The third kappa shape index (κ3) is 7.34. The van der Waals surface area contributed by atoms with Gasteiger partial charge in [0.15, 0.2) is 0 Å². The summed E-state index contributed by atoms with van der Waals surface area (Å²) in [5.74, 6) is 0.156. The van der Waals surface area contributed by atoms with Gasteiger partial charge in [0.2, 0.25) is 11.8 Å². The molecule has 5 nitrogen and oxygen atoms in total. The van der Waals surface area contributed by atoms with E-state index in [0.29, 0.717) is 13.1 Å². The van der Waals surface area contributed by atoms with E-state index in [9.17, 15) is 9.59 Å². The molecule has 1 aliphatic rings. The molecule has 0 unspecified atom stereocenters. The Labute approximate surface area is 141 Å². The van der Waals surface area contributed by atoms with Crippen LogP contribution < -0.4 is 5.32 Å². The van der Waals surface area contributed by atoms with Gasteiger partial charge < -0.3 is 15.1 Å². The number of rotatable bonds is 8. The molecule has 0 radical (unpaired) electrons. The Morgan fingerprint density at radius 3 is 1.96 bits per heavy atom. The predicted octanol–water partition coefficient (Wildman–Crippen LogP) is 2.26. The Morgan fingerprint density at radius 1 is 0.957 bits per heavy atom. The maximum Gasteiger partial charge on any atom is 0.242 e. The molecule has 1 aliphatic heterocycles. The second-order valence-corrected chi connectivity index (χ2v) is 8.46. The van der Waals surface area contributed by atoms with Gasteiger partial charge in [0.05, 0.1) is 13.1 Å². The fraction of sp³-hybridized carbons (Fsp3) is 0.889. The van der Waals surface area contributed by atoms with Crippen LogP contribution in [0.15, 0.2) is 0 Å². The van der Waals surface area contributed by atoms with Gasteiger partial charge in [-0.3, -0.25) is 9.59 Å². The smallest absolute Gasteiger partial charge is 0.242 e. The molecule has 5 heteroatoms. The fourth-order valence-electron chi connectivity index (χ4n) is 2.40. The summed E-state index contributed by atoms with van der Waals surface area (Å²) in [6, 6.07) is 0. The van der Waals surface area contributed by atoms with Crippen LogP contribution in [0.5, 0.6) is 0 Å². The first-order valence-electron chi connectivity index (χ1n) is 8.85. The van der Waals surface area contributed by atoms with E-state index in [1.54, 1.807) is 9.80 Å². The molecular weight excluding hydrogens is 290 g/mol. The Balaban J connectivity index is 2.36. The minimum absolute atomic E-state index is 0.0771. The zero-order valence-electron chi connectivity index (χ0n) is 15.9. The molecule has 1 fully saturated rings. The molecule has 0 spiro atoms. The van der Waals surface area contributed by atoms with Gasteiger partial charge in [-0.15, -0.1) is 0 Å². The van der Waals surface area contributed by atoms with Crippen LogP contribution in [-0.4, -0.2) is 59.9 Å². The molecule has 2 amide bonds. The lowest BCUT2D eigenvalue weighted by Gasteiger charge is -2.35. The highest BCUT2D eigenvalue weighted by molar-refractivity contribution is 5.92. The lowest BCUT2D eigenvalue weighted by Crippen LogP contribution is -2.54. The number of piperazine rings is 1. The van der Waals surface area contributed by atoms with E-state index < -0.39 is 0 Å². The summed E-state index contributed by atoms with van der Waals surface area (Å²) in [6.07, 6.45) is 2.86. The molecule has 0 bridgehead atoms. The number of carbonyl (C=O) groups is 2. The standard InChI is InChI=1S/C18H35N3O2/c1-7-18(5,6)19-10-8-11-20-13-16(23)21(14-15(20)22)12-9-17(2,3)4/h19H,7-14H2,1-6H3. The van der Waals surface area contributed by atoms with E-state index >= 15 is 0 Å². The van der Waals surface area contributed by atoms with E-state index in [4.69, 9.17) is 0 Å². The van der Waals surface area contributed by atoms with Crippen molar-refractivity contribution in [2.75, 3.05) is 32.7 Å². The van der Waals surface area contributed by atoms with Crippen molar-refractivity contribution in [3.05, 3.63) is 0 Å². The average molecular weight is 325 g/mol. The topological polar surface area (TPSA) is 52.7 Å². The fourth-order valence-corrected chi connectivity index (χ4v) is 2.40. The molecule has 134 valence electrons. The highest BCUT2D eigenvalue weighted by Crippen LogP contribution is 2.19. The Hall–Kier alpha value is -1.10. The van der Waals surface area contributed by atoms with Crippen LogP contribution in [0.2, 0.25) is 0 Å². The van der Waals surface area contributed by atoms with Crippen molar-refractivity contribution in [3.8, 4) is 0 Å². The minimum atomic E-state index is 0.0771. The highest BCUT2D eigenvalue weighted by atomic mass is 16.2. The lowest BCUT2D eigenvalue weighted by atomic mass is 9.92. The van der Waals surface area contributed by atoms with Crippen molar-refractivity contribution in [1.29, 1.82) is 0 Å². The van der Waals surface area contributed by atoms with Crippen LogP contribution in [0.4, 0.5) is 0 Å². The monoisotopic (exact) mass is 325 g/mol. The summed E-state index contributed by atoms with van der Waals surface area (Å²) < 4.78 is 0. The first kappa shape index (κ1) is 19.9. The van der Waals surface area contributed by atoms with Gasteiger partial charge in [0.1, 0.15) is 0 Å². The molecule has 1 heterocycles. The molecule has 0 atom stereocenters. The van der Waals surface area contributed by atoms with Crippen molar-refractivity contribution in [2.45, 2.75) is 66.3 Å². The quantitative estimate of drug-likeness (QED) is 0.697. The van der Waals surface area contributed by atoms with Crippen LogP contribution in [-0.2, 0) is 9.59 Å². The van der Waals surface area contributed by atoms with Crippen LogP contribution in [0.1, 0.15) is 60.8 Å². The minimum Gasteiger partial charge on any atom is -0.332 e. The summed E-state index contributed by atoms with van der Waals surface area (Å²) >= 11 is 0. The molecule has 0 saturated carbocycles. The van der Waals surface area contributed by atoms with Crippen LogP contribution in [0, 0.1) is 5.41 Å². The van der Waals surface area contributed by atoms with Crippen molar-refractivity contribution >= 4 is 11.8 Å². The molecule has 1 saturated heterocycles. The SMILES string of the molecule is CCC(C)(C)NCCCN1CC(=O)N(CCC(C)(C)C)CC1=O. The molecule has 1 rings (SSSR count). The van der Waals surface area contributed by atoms with Gasteiger partial charge in [-0.2, -0.15) is 0 Å². The van der Waals surface area contributed by atoms with Gasteiger partial charge in [-0.1, -0.05) is 27.7 Å². The van der Waals surface area contributed by atoms with E-state index in [1.807, 2.05) is 0 Å². The maximum absolute atomic E-state index is 12.2. The molecular formula is C18H35N3O2. The number of amides is 2. The second kappa shape index (κ2) is 8.13. The van der Waals surface area contributed by atoms with E-state index in [-0.39, 0.29) is 35.9 Å². The zero-order valence-corrected chi connectivity index (χ0v) is 15.9. The van der Waals surface area contributed by atoms with Gasteiger partial charge in [0.25, 0.3) is 0 Å². The molecule has 0 aromatic carbocycles. The zero-order chi connectivity index (χ0) is 17.7. The molecule has 0 aromatic heterocycles. The number of nitrogens with one attached hydrogen (secondary N) is 1. The predicted molar refractivity (Wildman–Crippen MR) is 94.2 cm³/mol. The number of hydrogen-bond acceptors (Lipinski definition) is 3. The van der Waals surface area contributed by atoms with Crippen molar-refractivity contribution in [3.63, 3.8) is 0 Å². The number of hydrogen-bond donors (Lipinski definition) is 1. The third-order valence-corrected chi connectivity index (χ3v) is 4.58. The first-order valence-corrected chi connectivity index (χ1v) is 8.85. The van der Waals surface area contributed by atoms with E-state index in [1.165, 1.54) is 0 Å². The second-order valence-electron chi connectivity index (χ2n) is 8.46. The van der Waals surface area contributed by atoms with Crippen molar-refractivity contribution in [1.82, 2.24) is 15.1 Å². The number of carbonyl (C=O) groups excluding carboxylic acids is 2. The summed E-state index contributed by atoms with van der Waals surface area (Å²) in [7, 11) is 0.